The van der Waals surface area contributed by atoms with Crippen LogP contribution in [0.25, 0.3) is 88.4 Å². The van der Waals surface area contributed by atoms with E-state index in [1.54, 1.807) is 0 Å². The van der Waals surface area contributed by atoms with E-state index in [2.05, 4.69) is 240 Å². The number of hydrogen-bond acceptors (Lipinski definition) is 2. The predicted octanol–water partition coefficient (Wildman–Crippen LogP) is 16.9. The zero-order valence-electron chi connectivity index (χ0n) is 34.7. The fourth-order valence-corrected chi connectivity index (χ4v) is 9.54. The summed E-state index contributed by atoms with van der Waals surface area (Å²) in [5.74, 6) is 0. The number of furan rings is 1. The van der Waals surface area contributed by atoms with Crippen molar-refractivity contribution in [3.63, 3.8) is 0 Å². The fraction of sp³-hybridized carbons (Fsp3) is 0.0333. The molecule has 9 aromatic carbocycles. The van der Waals surface area contributed by atoms with Gasteiger partial charge < -0.3 is 13.9 Å². The zero-order valence-corrected chi connectivity index (χ0v) is 34.7. The molecular formula is C60H42N2O. The summed E-state index contributed by atoms with van der Waals surface area (Å²) in [6.45, 7) is 0. The van der Waals surface area contributed by atoms with E-state index in [9.17, 15) is 0 Å². The van der Waals surface area contributed by atoms with Gasteiger partial charge in [-0.1, -0.05) is 146 Å². The van der Waals surface area contributed by atoms with Crippen LogP contribution in [0.15, 0.2) is 235 Å². The van der Waals surface area contributed by atoms with Crippen LogP contribution in [-0.2, 0) is 0 Å². The number of hydrogen-bond donors (Lipinski definition) is 0. The summed E-state index contributed by atoms with van der Waals surface area (Å²) in [6.07, 6.45) is 8.81. The van der Waals surface area contributed by atoms with Crippen molar-refractivity contribution in [3.8, 4) is 39.1 Å². The molecule has 1 aliphatic rings. The van der Waals surface area contributed by atoms with Crippen LogP contribution in [0, 0.1) is 0 Å². The quantitative estimate of drug-likeness (QED) is 0.153. The maximum atomic E-state index is 6.44. The molecule has 1 aliphatic carbocycles. The Bertz CT molecular complexity index is 3500. The molecule has 63 heavy (non-hydrogen) atoms. The lowest BCUT2D eigenvalue weighted by Gasteiger charge is -2.26. The number of benzene rings is 9. The molecule has 0 N–H and O–H groups in total. The number of fused-ring (bicyclic) bond motifs is 6. The smallest absolute Gasteiger partial charge is 0.135 e. The number of allylic oxidation sites excluding steroid dienone is 4. The molecule has 0 spiro atoms. The Hall–Kier alpha value is -8.14. The number of rotatable bonds is 8. The second-order valence-corrected chi connectivity index (χ2v) is 16.4. The molecule has 0 atom stereocenters. The summed E-state index contributed by atoms with van der Waals surface area (Å²) in [7, 11) is 0. The summed E-state index contributed by atoms with van der Waals surface area (Å²) >= 11 is 0. The van der Waals surface area contributed by atoms with Gasteiger partial charge in [0.1, 0.15) is 11.2 Å². The third-order valence-electron chi connectivity index (χ3n) is 12.7. The normalized spacial score (nSPS) is 12.7. The number of para-hydroxylation sites is 2. The van der Waals surface area contributed by atoms with Crippen LogP contribution in [0.1, 0.15) is 18.4 Å². The molecule has 0 unspecified atom stereocenters. The topological polar surface area (TPSA) is 21.3 Å². The standard InChI is InChI=1S/C60H42N2O/c1-3-13-41(14-4-1)43-25-30-49(31-26-43)61(50-32-27-44(28-33-50)42-15-5-2-6-16-42)51-20-12-19-47(38-51)45-17-11-18-46(37-45)48-29-35-59-55(39-48)56-40-52(34-36-60(56)63-59)62-57-23-9-7-21-53(57)54-22-8-10-24-58(54)62/h1-5,7-15,17-40H,6,16H2. The predicted molar refractivity (Wildman–Crippen MR) is 265 cm³/mol. The van der Waals surface area contributed by atoms with E-state index in [1.807, 2.05) is 0 Å². The average molecular weight is 807 g/mol. The second kappa shape index (κ2) is 15.4. The third-order valence-corrected chi connectivity index (χ3v) is 12.7. The first-order valence-electron chi connectivity index (χ1n) is 21.8. The van der Waals surface area contributed by atoms with E-state index < -0.39 is 0 Å². The molecule has 0 saturated carbocycles. The van der Waals surface area contributed by atoms with Gasteiger partial charge in [0, 0.05) is 44.3 Å². The van der Waals surface area contributed by atoms with Crippen molar-refractivity contribution < 1.29 is 4.42 Å². The van der Waals surface area contributed by atoms with E-state index in [0.717, 1.165) is 79.8 Å². The highest BCUT2D eigenvalue weighted by Crippen LogP contribution is 2.41. The lowest BCUT2D eigenvalue weighted by molar-refractivity contribution is 0.669. The Morgan fingerprint density at radius 2 is 0.921 bits per heavy atom. The van der Waals surface area contributed by atoms with Crippen LogP contribution in [0.2, 0.25) is 0 Å². The van der Waals surface area contributed by atoms with Crippen molar-refractivity contribution in [1.82, 2.24) is 4.57 Å². The van der Waals surface area contributed by atoms with E-state index in [1.165, 1.54) is 44.1 Å². The molecule has 0 bridgehead atoms. The molecule has 3 nitrogen and oxygen atoms in total. The van der Waals surface area contributed by atoms with E-state index in [0.29, 0.717) is 0 Å². The third kappa shape index (κ3) is 6.63. The molecule has 3 heteroatoms. The van der Waals surface area contributed by atoms with Gasteiger partial charge in [-0.3, -0.25) is 0 Å². The first-order valence-corrected chi connectivity index (χ1v) is 21.8. The monoisotopic (exact) mass is 806 g/mol. The molecule has 0 radical (unpaired) electrons. The van der Waals surface area contributed by atoms with Gasteiger partial charge in [-0.2, -0.15) is 0 Å². The van der Waals surface area contributed by atoms with E-state index >= 15 is 0 Å². The van der Waals surface area contributed by atoms with Gasteiger partial charge in [0.05, 0.1) is 11.0 Å². The van der Waals surface area contributed by atoms with Crippen molar-refractivity contribution in [2.24, 2.45) is 0 Å². The molecular weight excluding hydrogens is 765 g/mol. The van der Waals surface area contributed by atoms with Gasteiger partial charge in [-0.15, -0.1) is 0 Å². The molecule has 0 amide bonds. The van der Waals surface area contributed by atoms with Gasteiger partial charge in [-0.25, -0.2) is 0 Å². The molecule has 2 heterocycles. The van der Waals surface area contributed by atoms with Crippen LogP contribution in [0.5, 0.6) is 0 Å². The summed E-state index contributed by atoms with van der Waals surface area (Å²) in [5, 5.41) is 4.71. The molecule has 0 fully saturated rings. The largest absolute Gasteiger partial charge is 0.456 e. The highest BCUT2D eigenvalue weighted by Gasteiger charge is 2.17. The minimum Gasteiger partial charge on any atom is -0.456 e. The molecule has 12 rings (SSSR count). The van der Waals surface area contributed by atoms with Crippen LogP contribution in [-0.4, -0.2) is 4.57 Å². The van der Waals surface area contributed by atoms with Crippen LogP contribution in [0.4, 0.5) is 17.1 Å². The molecule has 0 aliphatic heterocycles. The number of nitrogens with zero attached hydrogens (tertiary/aromatic N) is 2. The fourth-order valence-electron chi connectivity index (χ4n) is 9.54. The van der Waals surface area contributed by atoms with Crippen molar-refractivity contribution in [3.05, 3.63) is 236 Å². The number of aromatic nitrogens is 1. The highest BCUT2D eigenvalue weighted by molar-refractivity contribution is 6.11. The second-order valence-electron chi connectivity index (χ2n) is 16.4. The molecule has 0 saturated heterocycles. The van der Waals surface area contributed by atoms with Crippen LogP contribution in [0.3, 0.4) is 0 Å². The molecule has 298 valence electrons. The Morgan fingerprint density at radius 1 is 0.381 bits per heavy atom. The SMILES string of the molecule is C1=CCCC(c2ccc(N(c3ccc(-c4ccccc4)cc3)c3cccc(-c4cccc(-c5ccc6oc7ccc(-n8c9ccccc9c9ccccc98)cc7c6c5)c4)c3)cc2)=C1. The Morgan fingerprint density at radius 3 is 1.60 bits per heavy atom. The lowest BCUT2D eigenvalue weighted by atomic mass is 9.96. The highest BCUT2D eigenvalue weighted by atomic mass is 16.3. The molecule has 2 aromatic heterocycles. The van der Waals surface area contributed by atoms with E-state index in [-0.39, 0.29) is 0 Å². The van der Waals surface area contributed by atoms with E-state index in [4.69, 9.17) is 4.42 Å². The van der Waals surface area contributed by atoms with Gasteiger partial charge in [0.2, 0.25) is 0 Å². The summed E-state index contributed by atoms with van der Waals surface area (Å²) in [5.41, 5.74) is 18.3. The maximum Gasteiger partial charge on any atom is 0.135 e. The van der Waals surface area contributed by atoms with Crippen molar-refractivity contribution >= 4 is 66.4 Å². The van der Waals surface area contributed by atoms with Crippen LogP contribution < -0.4 is 4.90 Å². The number of anilines is 3. The Balaban J connectivity index is 0.912. The average Bonchev–Trinajstić information content (AvgIpc) is 3.90. The summed E-state index contributed by atoms with van der Waals surface area (Å²) in [6, 6.07) is 76.9. The van der Waals surface area contributed by atoms with Gasteiger partial charge in [0.25, 0.3) is 0 Å². The Labute approximate surface area is 366 Å². The van der Waals surface area contributed by atoms with Gasteiger partial charge >= 0.3 is 0 Å². The lowest BCUT2D eigenvalue weighted by Crippen LogP contribution is -2.10. The first kappa shape index (κ1) is 36.7. The molecule has 11 aromatic rings. The van der Waals surface area contributed by atoms with Crippen molar-refractivity contribution in [2.75, 3.05) is 4.90 Å². The maximum absolute atomic E-state index is 6.44. The van der Waals surface area contributed by atoms with Gasteiger partial charge in [0.15, 0.2) is 0 Å². The minimum absolute atomic E-state index is 0.884. The van der Waals surface area contributed by atoms with Crippen molar-refractivity contribution in [1.29, 1.82) is 0 Å². The van der Waals surface area contributed by atoms with Crippen LogP contribution >= 0.6 is 0 Å². The van der Waals surface area contributed by atoms with Crippen molar-refractivity contribution in [2.45, 2.75) is 12.8 Å². The summed E-state index contributed by atoms with van der Waals surface area (Å²) < 4.78 is 8.81. The first-order chi connectivity index (χ1) is 31.2. The zero-order chi connectivity index (χ0) is 41.7. The Kier molecular flexibility index (Phi) is 8.97. The summed E-state index contributed by atoms with van der Waals surface area (Å²) in [4.78, 5) is 2.37. The van der Waals surface area contributed by atoms with Gasteiger partial charge in [-0.05, 0) is 142 Å². The minimum atomic E-state index is 0.884.